The molecule has 2 aliphatic heterocycles. The normalized spacial score (nSPS) is 31.5. The maximum Gasteiger partial charge on any atom is 0.331 e. The molecular weight excluding hydrogens is 414 g/mol. The third-order valence-electron chi connectivity index (χ3n) is 6.11. The van der Waals surface area contributed by atoms with Crippen LogP contribution in [0.25, 0.3) is 0 Å². The van der Waals surface area contributed by atoms with Gasteiger partial charge in [-0.25, -0.2) is 4.79 Å². The third-order valence-corrected chi connectivity index (χ3v) is 6.11. The molecule has 1 saturated heterocycles. The summed E-state index contributed by atoms with van der Waals surface area (Å²) >= 11 is 0. The number of ether oxygens (including phenoxy) is 2. The van der Waals surface area contributed by atoms with E-state index in [-0.39, 0.29) is 36.2 Å². The van der Waals surface area contributed by atoms with Crippen LogP contribution in [0.15, 0.2) is 71.9 Å². The monoisotopic (exact) mass is 455 g/mol. The highest BCUT2D eigenvalue weighted by molar-refractivity contribution is 5.82. The van der Waals surface area contributed by atoms with Crippen molar-refractivity contribution in [3.05, 3.63) is 71.9 Å². The fourth-order valence-corrected chi connectivity index (χ4v) is 4.23. The molecule has 0 aliphatic carbocycles. The number of esters is 1. The van der Waals surface area contributed by atoms with Gasteiger partial charge in [-0.1, -0.05) is 73.6 Å². The summed E-state index contributed by atoms with van der Waals surface area (Å²) in [5.74, 6) is 0.164. The lowest BCUT2D eigenvalue weighted by Crippen LogP contribution is -2.48. The summed E-state index contributed by atoms with van der Waals surface area (Å²) in [6.07, 6.45) is 20.8. The predicted octanol–water partition coefficient (Wildman–Crippen LogP) is 4.95. The Balaban J connectivity index is 1.85. The van der Waals surface area contributed by atoms with E-state index >= 15 is 0 Å². The molecule has 2 heterocycles. The first-order chi connectivity index (χ1) is 15.7. The van der Waals surface area contributed by atoms with Crippen molar-refractivity contribution in [1.29, 1.82) is 0 Å². The molecule has 0 aromatic rings. The number of hydrogen-bond acceptors (Lipinski definition) is 5. The van der Waals surface area contributed by atoms with Crippen LogP contribution < -0.4 is 5.73 Å². The zero-order valence-electron chi connectivity index (χ0n) is 20.7. The van der Waals surface area contributed by atoms with E-state index < -0.39 is 6.10 Å². The molecule has 7 atom stereocenters. The molecule has 1 fully saturated rings. The first-order valence-electron chi connectivity index (χ1n) is 12.0. The highest BCUT2D eigenvalue weighted by Gasteiger charge is 2.35. The number of cyclic esters (lactones) is 1. The summed E-state index contributed by atoms with van der Waals surface area (Å²) in [4.78, 5) is 11.3. The molecule has 0 radical (unpaired) electrons. The summed E-state index contributed by atoms with van der Waals surface area (Å²) < 4.78 is 11.4. The van der Waals surface area contributed by atoms with Gasteiger partial charge in [-0.05, 0) is 39.2 Å². The summed E-state index contributed by atoms with van der Waals surface area (Å²) in [5, 5.41) is 10.4. The van der Waals surface area contributed by atoms with E-state index in [1.54, 1.807) is 0 Å². The van der Waals surface area contributed by atoms with Gasteiger partial charge in [-0.2, -0.15) is 0 Å². The molecule has 182 valence electrons. The maximum absolute atomic E-state index is 11.3. The van der Waals surface area contributed by atoms with E-state index in [1.807, 2.05) is 56.4 Å². The van der Waals surface area contributed by atoms with Crippen molar-refractivity contribution in [2.24, 2.45) is 17.6 Å². The second kappa shape index (κ2) is 13.5. The number of carbonyl (C=O) groups excluding carboxylic acids is 1. The molecule has 3 unspecified atom stereocenters. The van der Waals surface area contributed by atoms with Gasteiger partial charge < -0.3 is 20.3 Å². The standard InChI is InChI=1S/C28H41NO4/c1-6-9-26-22(5)25(30)18-27(33-26)24(29)12-7-10-19(2)16-21(4)17-20(3)14-15-23-11-8-13-28(31)32-23/h6-10,12-15,17,21-27,30H,11,16,18,29H2,1-5H3/b9-6+,12-7+,15-14+,19-10+,20-17-/t21?,22?,23-,24?,25-,26+,27+/m1/s1. The quantitative estimate of drug-likeness (QED) is 0.292. The Morgan fingerprint density at radius 2 is 2.09 bits per heavy atom. The predicted molar refractivity (Wildman–Crippen MR) is 134 cm³/mol. The Morgan fingerprint density at radius 3 is 2.79 bits per heavy atom. The summed E-state index contributed by atoms with van der Waals surface area (Å²) in [6.45, 7) is 10.3. The summed E-state index contributed by atoms with van der Waals surface area (Å²) in [6, 6.07) is -0.266. The van der Waals surface area contributed by atoms with Crippen LogP contribution in [0.1, 0.15) is 53.9 Å². The molecule has 2 aliphatic rings. The fraction of sp³-hybridized carbons (Fsp3) is 0.536. The van der Waals surface area contributed by atoms with Crippen LogP contribution in [0.3, 0.4) is 0 Å². The Kier molecular flexibility index (Phi) is 11.0. The van der Waals surface area contributed by atoms with E-state index in [9.17, 15) is 9.90 Å². The van der Waals surface area contributed by atoms with Crippen LogP contribution in [0.2, 0.25) is 0 Å². The van der Waals surface area contributed by atoms with Crippen molar-refractivity contribution in [2.75, 3.05) is 0 Å². The van der Waals surface area contributed by atoms with Crippen molar-refractivity contribution in [1.82, 2.24) is 0 Å². The van der Waals surface area contributed by atoms with Gasteiger partial charge in [0.25, 0.3) is 0 Å². The minimum absolute atomic E-state index is 0.0677. The maximum atomic E-state index is 11.3. The first kappa shape index (κ1) is 27.0. The molecule has 0 saturated carbocycles. The topological polar surface area (TPSA) is 81.8 Å². The Bertz CT molecular complexity index is 820. The van der Waals surface area contributed by atoms with Crippen molar-refractivity contribution in [3.8, 4) is 0 Å². The number of hydrogen-bond donors (Lipinski definition) is 2. The molecular formula is C28H41NO4. The van der Waals surface area contributed by atoms with Crippen LogP contribution in [-0.2, 0) is 14.3 Å². The zero-order valence-corrected chi connectivity index (χ0v) is 20.7. The summed E-state index contributed by atoms with van der Waals surface area (Å²) in [7, 11) is 0. The highest BCUT2D eigenvalue weighted by Crippen LogP contribution is 2.28. The van der Waals surface area contributed by atoms with E-state index in [1.165, 1.54) is 11.6 Å². The number of nitrogens with two attached hydrogens (primary N) is 1. The van der Waals surface area contributed by atoms with Crippen LogP contribution >= 0.6 is 0 Å². The second-order valence-electron chi connectivity index (χ2n) is 9.37. The minimum Gasteiger partial charge on any atom is -0.455 e. The molecule has 33 heavy (non-hydrogen) atoms. The van der Waals surface area contributed by atoms with Gasteiger partial charge in [0.1, 0.15) is 6.10 Å². The fourth-order valence-electron chi connectivity index (χ4n) is 4.23. The lowest BCUT2D eigenvalue weighted by Gasteiger charge is -2.38. The molecule has 5 heteroatoms. The van der Waals surface area contributed by atoms with E-state index in [2.05, 4.69) is 32.9 Å². The average Bonchev–Trinajstić information content (AvgIpc) is 2.75. The number of aliphatic hydroxyl groups excluding tert-OH is 1. The average molecular weight is 456 g/mol. The van der Waals surface area contributed by atoms with E-state index in [0.717, 1.165) is 18.4 Å². The van der Waals surface area contributed by atoms with Gasteiger partial charge in [-0.3, -0.25) is 0 Å². The SMILES string of the molecule is C/C=C/[C@@H]1O[C@H](C(N)/C=C/C=C(\C)CC(C)/C=C(C)\C=C\[C@H]2CC=CC(=O)O2)C[C@@H](O)C1C. The molecule has 5 nitrogen and oxygen atoms in total. The van der Waals surface area contributed by atoms with Gasteiger partial charge >= 0.3 is 5.97 Å². The van der Waals surface area contributed by atoms with Crippen LogP contribution in [0.5, 0.6) is 0 Å². The van der Waals surface area contributed by atoms with Crippen molar-refractivity contribution >= 4 is 5.97 Å². The van der Waals surface area contributed by atoms with Crippen LogP contribution in [0.4, 0.5) is 0 Å². The van der Waals surface area contributed by atoms with Gasteiger partial charge in [0, 0.05) is 30.9 Å². The number of rotatable bonds is 9. The zero-order chi connectivity index (χ0) is 24.4. The Hall–Kier alpha value is -2.21. The van der Waals surface area contributed by atoms with Gasteiger partial charge in [0.15, 0.2) is 0 Å². The van der Waals surface area contributed by atoms with Gasteiger partial charge in [0.2, 0.25) is 0 Å². The molecule has 0 bridgehead atoms. The van der Waals surface area contributed by atoms with Crippen molar-refractivity contribution in [2.45, 2.75) is 84.3 Å². The number of carbonyl (C=O) groups is 1. The minimum atomic E-state index is -0.409. The molecule has 0 aromatic heterocycles. The van der Waals surface area contributed by atoms with Crippen molar-refractivity contribution in [3.63, 3.8) is 0 Å². The molecule has 3 N–H and O–H groups in total. The van der Waals surface area contributed by atoms with Gasteiger partial charge in [0.05, 0.1) is 18.3 Å². The highest BCUT2D eigenvalue weighted by atomic mass is 16.5. The summed E-state index contributed by atoms with van der Waals surface area (Å²) in [5.41, 5.74) is 8.75. The molecule has 0 spiro atoms. The molecule has 0 aromatic carbocycles. The molecule has 2 rings (SSSR count). The van der Waals surface area contributed by atoms with Crippen LogP contribution in [-0.4, -0.2) is 41.5 Å². The lowest BCUT2D eigenvalue weighted by molar-refractivity contribution is -0.141. The van der Waals surface area contributed by atoms with E-state index in [4.69, 9.17) is 15.2 Å². The largest absolute Gasteiger partial charge is 0.455 e. The Morgan fingerprint density at radius 1 is 1.33 bits per heavy atom. The van der Waals surface area contributed by atoms with E-state index in [0.29, 0.717) is 12.3 Å². The lowest BCUT2D eigenvalue weighted by atomic mass is 9.88. The molecule has 0 amide bonds. The Labute approximate surface area is 199 Å². The number of aliphatic hydroxyl groups is 1. The van der Waals surface area contributed by atoms with Crippen LogP contribution in [0, 0.1) is 11.8 Å². The number of allylic oxidation sites excluding steroid dienone is 7. The van der Waals surface area contributed by atoms with Crippen molar-refractivity contribution < 1.29 is 19.4 Å². The second-order valence-corrected chi connectivity index (χ2v) is 9.37. The van der Waals surface area contributed by atoms with Gasteiger partial charge in [-0.15, -0.1) is 0 Å². The smallest absolute Gasteiger partial charge is 0.331 e. The third kappa shape index (κ3) is 9.28. The first-order valence-corrected chi connectivity index (χ1v) is 12.0.